The summed E-state index contributed by atoms with van der Waals surface area (Å²) in [7, 11) is -2.52. The molecule has 1 N–H and O–H groups in total. The zero-order chi connectivity index (χ0) is 21.3. The Bertz CT molecular complexity index is 1290. The fourth-order valence-electron chi connectivity index (χ4n) is 2.85. The molecular weight excluding hydrogens is 416 g/mol. The van der Waals surface area contributed by atoms with Gasteiger partial charge in [0.15, 0.2) is 11.6 Å². The molecule has 1 aromatic carbocycles. The van der Waals surface area contributed by atoms with Gasteiger partial charge in [0.25, 0.3) is 10.0 Å². The van der Waals surface area contributed by atoms with Crippen LogP contribution in [0.5, 0.6) is 5.75 Å². The number of nitrogens with zero attached hydrogens (tertiary/aromatic N) is 4. The molecule has 11 heteroatoms. The van der Waals surface area contributed by atoms with Gasteiger partial charge >= 0.3 is 0 Å². The lowest BCUT2D eigenvalue weighted by atomic mass is 10.2. The van der Waals surface area contributed by atoms with E-state index >= 15 is 4.39 Å². The number of anilines is 1. The Hall–Kier alpha value is -3.60. The minimum absolute atomic E-state index is 0.0151. The molecule has 0 amide bonds. The minimum Gasteiger partial charge on any atom is -0.495 e. The molecule has 1 aliphatic carbocycles. The van der Waals surface area contributed by atoms with Crippen LogP contribution in [-0.4, -0.2) is 35.5 Å². The van der Waals surface area contributed by atoms with Crippen LogP contribution in [0.15, 0.2) is 59.9 Å². The second-order valence-electron chi connectivity index (χ2n) is 6.27. The SMILES string of the molecule is COc1cncc(-c2cn(-c3c(F)ccc(NS(=O)(=O)C4=CCC=C4)c3F)nn2)c1. The summed E-state index contributed by atoms with van der Waals surface area (Å²) in [6, 6.07) is 3.60. The van der Waals surface area contributed by atoms with Gasteiger partial charge in [0, 0.05) is 11.8 Å². The van der Waals surface area contributed by atoms with Crippen LogP contribution in [0, 0.1) is 11.6 Å². The van der Waals surface area contributed by atoms with Crippen molar-refractivity contribution < 1.29 is 21.9 Å². The maximum Gasteiger partial charge on any atom is 0.261 e. The lowest BCUT2D eigenvalue weighted by molar-refractivity contribution is 0.413. The summed E-state index contributed by atoms with van der Waals surface area (Å²) in [5.74, 6) is -1.58. The average Bonchev–Trinajstić information content (AvgIpc) is 3.43. The van der Waals surface area contributed by atoms with Crippen LogP contribution in [0.25, 0.3) is 16.9 Å². The highest BCUT2D eigenvalue weighted by Gasteiger charge is 2.23. The molecule has 4 rings (SSSR count). The molecule has 1 aliphatic rings. The first-order valence-corrected chi connectivity index (χ1v) is 10.2. The van der Waals surface area contributed by atoms with Gasteiger partial charge in [-0.15, -0.1) is 5.10 Å². The number of hydrogen-bond donors (Lipinski definition) is 1. The van der Waals surface area contributed by atoms with Gasteiger partial charge < -0.3 is 4.74 Å². The van der Waals surface area contributed by atoms with E-state index in [2.05, 4.69) is 20.0 Å². The number of halogens is 2. The predicted molar refractivity (Wildman–Crippen MR) is 105 cm³/mol. The number of pyridine rings is 1. The van der Waals surface area contributed by atoms with Gasteiger partial charge in [0.2, 0.25) is 0 Å². The van der Waals surface area contributed by atoms with Crippen molar-refractivity contribution in [3.63, 3.8) is 0 Å². The van der Waals surface area contributed by atoms with Gasteiger partial charge in [-0.3, -0.25) is 9.71 Å². The summed E-state index contributed by atoms with van der Waals surface area (Å²) >= 11 is 0. The van der Waals surface area contributed by atoms with Crippen molar-refractivity contribution in [1.82, 2.24) is 20.0 Å². The van der Waals surface area contributed by atoms with Crippen molar-refractivity contribution in [3.8, 4) is 22.7 Å². The molecule has 0 aliphatic heterocycles. The van der Waals surface area contributed by atoms with E-state index in [0.29, 0.717) is 23.4 Å². The summed E-state index contributed by atoms with van der Waals surface area (Å²) in [5, 5.41) is 7.69. The van der Waals surface area contributed by atoms with Crippen molar-refractivity contribution in [2.75, 3.05) is 11.8 Å². The number of rotatable bonds is 6. The first-order valence-electron chi connectivity index (χ1n) is 8.68. The Labute approximate surface area is 170 Å². The standard InChI is InChI=1S/C19H15F2N5O3S/c1-29-13-8-12(9-22-10-13)17-11-26(25-23-17)19-15(20)6-7-16(18(19)21)24-30(27,28)14-4-2-3-5-14/h2,4-11,24H,3H2,1H3. The van der Waals surface area contributed by atoms with Gasteiger partial charge in [-0.1, -0.05) is 17.4 Å². The summed E-state index contributed by atoms with van der Waals surface area (Å²) in [5.41, 5.74) is -0.154. The van der Waals surface area contributed by atoms with Crippen molar-refractivity contribution in [3.05, 3.63) is 71.6 Å². The third-order valence-corrected chi connectivity index (χ3v) is 5.74. The Morgan fingerprint density at radius 1 is 1.23 bits per heavy atom. The third-order valence-electron chi connectivity index (χ3n) is 4.33. The highest BCUT2D eigenvalue weighted by atomic mass is 32.2. The molecule has 0 saturated heterocycles. The topological polar surface area (TPSA) is 99.0 Å². The van der Waals surface area contributed by atoms with Crippen LogP contribution in [0.3, 0.4) is 0 Å². The number of hydrogen-bond acceptors (Lipinski definition) is 6. The first-order chi connectivity index (χ1) is 14.4. The van der Waals surface area contributed by atoms with Gasteiger partial charge in [-0.25, -0.2) is 21.9 Å². The van der Waals surface area contributed by atoms with Crippen molar-refractivity contribution >= 4 is 15.7 Å². The zero-order valence-electron chi connectivity index (χ0n) is 15.6. The highest BCUT2D eigenvalue weighted by molar-refractivity contribution is 7.96. The zero-order valence-corrected chi connectivity index (χ0v) is 16.4. The molecule has 0 saturated carbocycles. The van der Waals surface area contributed by atoms with E-state index in [1.54, 1.807) is 12.1 Å². The fourth-order valence-corrected chi connectivity index (χ4v) is 4.00. The first kappa shape index (κ1) is 19.7. The monoisotopic (exact) mass is 431 g/mol. The fraction of sp³-hybridized carbons (Fsp3) is 0.105. The number of aromatic nitrogens is 4. The summed E-state index contributed by atoms with van der Waals surface area (Å²) in [6.07, 6.45) is 9.32. The second-order valence-corrected chi connectivity index (χ2v) is 7.95. The second kappa shape index (κ2) is 7.67. The van der Waals surface area contributed by atoms with Crippen LogP contribution in [0.2, 0.25) is 0 Å². The predicted octanol–water partition coefficient (Wildman–Crippen LogP) is 3.20. The molecule has 2 heterocycles. The molecule has 0 spiro atoms. The van der Waals surface area contributed by atoms with Gasteiger partial charge in [0.05, 0.1) is 30.1 Å². The molecule has 0 unspecified atom stereocenters. The van der Waals surface area contributed by atoms with E-state index in [-0.39, 0.29) is 4.91 Å². The van der Waals surface area contributed by atoms with Crippen molar-refractivity contribution in [2.24, 2.45) is 0 Å². The number of nitrogens with one attached hydrogen (secondary N) is 1. The number of benzene rings is 1. The number of sulfonamides is 1. The Balaban J connectivity index is 1.71. The molecule has 0 atom stereocenters. The van der Waals surface area contributed by atoms with E-state index < -0.39 is 33.0 Å². The highest BCUT2D eigenvalue weighted by Crippen LogP contribution is 2.28. The van der Waals surface area contributed by atoms with E-state index in [9.17, 15) is 12.8 Å². The molecule has 0 radical (unpaired) electrons. The summed E-state index contributed by atoms with van der Waals surface area (Å²) in [4.78, 5) is 4.02. The molecule has 2 aromatic heterocycles. The largest absolute Gasteiger partial charge is 0.495 e. The maximum absolute atomic E-state index is 15.0. The molecule has 0 bridgehead atoms. The Morgan fingerprint density at radius 2 is 2.07 bits per heavy atom. The third kappa shape index (κ3) is 3.66. The number of ether oxygens (including phenoxy) is 1. The van der Waals surface area contributed by atoms with Crippen LogP contribution >= 0.6 is 0 Å². The number of allylic oxidation sites excluding steroid dienone is 3. The van der Waals surface area contributed by atoms with Crippen LogP contribution in [0.4, 0.5) is 14.5 Å². The van der Waals surface area contributed by atoms with E-state index in [1.165, 1.54) is 37.9 Å². The molecular formula is C19H15F2N5O3S. The van der Waals surface area contributed by atoms with Gasteiger partial charge in [-0.2, -0.15) is 0 Å². The van der Waals surface area contributed by atoms with Crippen molar-refractivity contribution in [1.29, 1.82) is 0 Å². The minimum atomic E-state index is -4.00. The molecule has 154 valence electrons. The molecule has 3 aromatic rings. The van der Waals surface area contributed by atoms with E-state index in [4.69, 9.17) is 4.74 Å². The summed E-state index contributed by atoms with van der Waals surface area (Å²) < 4.78 is 62.4. The van der Waals surface area contributed by atoms with E-state index in [0.717, 1.165) is 16.8 Å². The van der Waals surface area contributed by atoms with Gasteiger partial charge in [0.1, 0.15) is 17.1 Å². The quantitative estimate of drug-likeness (QED) is 0.644. The average molecular weight is 431 g/mol. The summed E-state index contributed by atoms with van der Waals surface area (Å²) in [6.45, 7) is 0. The van der Waals surface area contributed by atoms with E-state index in [1.807, 2.05) is 0 Å². The number of methoxy groups -OCH3 is 1. The van der Waals surface area contributed by atoms with Gasteiger partial charge in [-0.05, 0) is 30.7 Å². The maximum atomic E-state index is 15.0. The molecule has 0 fully saturated rings. The Morgan fingerprint density at radius 3 is 2.80 bits per heavy atom. The van der Waals surface area contributed by atoms with Crippen LogP contribution < -0.4 is 9.46 Å². The molecule has 30 heavy (non-hydrogen) atoms. The normalized spacial score (nSPS) is 13.4. The van der Waals surface area contributed by atoms with Crippen LogP contribution in [-0.2, 0) is 10.0 Å². The lowest BCUT2D eigenvalue weighted by Crippen LogP contribution is -2.16. The molecule has 8 nitrogen and oxygen atoms in total. The smallest absolute Gasteiger partial charge is 0.261 e. The van der Waals surface area contributed by atoms with Crippen molar-refractivity contribution in [2.45, 2.75) is 6.42 Å². The lowest BCUT2D eigenvalue weighted by Gasteiger charge is -2.12. The Kier molecular flexibility index (Phi) is 5.04. The van der Waals surface area contributed by atoms with Crippen LogP contribution in [0.1, 0.15) is 6.42 Å².